The molecule has 134 valence electrons. The first-order valence-electron chi connectivity index (χ1n) is 9.18. The molecule has 3 heteroatoms. The highest BCUT2D eigenvalue weighted by molar-refractivity contribution is 5.44. The Morgan fingerprint density at radius 2 is 1.92 bits per heavy atom. The minimum Gasteiger partial charge on any atom is -1.00 e. The number of hydrogen-bond acceptors (Lipinski definition) is 2. The fraction of sp³-hybridized carbons (Fsp3) is 0.455. The lowest BCUT2D eigenvalue weighted by Crippen LogP contribution is -3.00. The van der Waals surface area contributed by atoms with Crippen LogP contribution in [-0.4, -0.2) is 29.1 Å². The second-order valence-corrected chi connectivity index (χ2v) is 7.84. The third kappa shape index (κ3) is 3.24. The molecule has 1 N–H and O–H groups in total. The third-order valence-electron chi connectivity index (χ3n) is 6.64. The summed E-state index contributed by atoms with van der Waals surface area (Å²) in [5.41, 5.74) is 4.44. The van der Waals surface area contributed by atoms with Crippen LogP contribution in [0.3, 0.4) is 0 Å². The number of nitrogens with zero attached hydrogens (tertiary/aromatic N) is 1. The fourth-order valence-electron chi connectivity index (χ4n) is 4.89. The largest absolute Gasteiger partial charge is 1.00 e. The van der Waals surface area contributed by atoms with Crippen LogP contribution in [0.2, 0.25) is 0 Å². The van der Waals surface area contributed by atoms with Gasteiger partial charge in [0.05, 0.1) is 0 Å². The summed E-state index contributed by atoms with van der Waals surface area (Å²) in [6.07, 6.45) is 3.42. The fourth-order valence-corrected chi connectivity index (χ4v) is 4.89. The molecule has 1 aliphatic carbocycles. The lowest BCUT2D eigenvalue weighted by molar-refractivity contribution is -0.00000689. The van der Waals surface area contributed by atoms with E-state index in [1.807, 2.05) is 12.1 Å². The first kappa shape index (κ1) is 18.5. The molecule has 25 heavy (non-hydrogen) atoms. The van der Waals surface area contributed by atoms with Gasteiger partial charge in [-0.1, -0.05) is 50.2 Å². The van der Waals surface area contributed by atoms with Crippen molar-refractivity contribution in [3.63, 3.8) is 0 Å². The zero-order valence-electron chi connectivity index (χ0n) is 15.1. The van der Waals surface area contributed by atoms with Crippen LogP contribution in [0.5, 0.6) is 5.75 Å². The van der Waals surface area contributed by atoms with E-state index in [2.05, 4.69) is 55.1 Å². The Balaban J connectivity index is 0.00000182. The number of phenols is 1. The number of phenolic OH excluding ortho intramolecular Hbond substituents is 1. The van der Waals surface area contributed by atoms with Crippen molar-refractivity contribution >= 4 is 0 Å². The van der Waals surface area contributed by atoms with Gasteiger partial charge in [-0.15, -0.1) is 0 Å². The van der Waals surface area contributed by atoms with Crippen LogP contribution in [-0.2, 0) is 18.3 Å². The lowest BCUT2D eigenvalue weighted by Gasteiger charge is -2.54. The van der Waals surface area contributed by atoms with Gasteiger partial charge >= 0.3 is 0 Å². The zero-order chi connectivity index (χ0) is 16.7. The van der Waals surface area contributed by atoms with Gasteiger partial charge in [-0.2, -0.15) is 0 Å². The molecule has 0 saturated carbocycles. The summed E-state index contributed by atoms with van der Waals surface area (Å²) in [6.45, 7) is 7.11. The van der Waals surface area contributed by atoms with Gasteiger partial charge in [-0.05, 0) is 66.0 Å². The Hall–Kier alpha value is -1.32. The van der Waals surface area contributed by atoms with Crippen LogP contribution >= 0.6 is 0 Å². The van der Waals surface area contributed by atoms with E-state index < -0.39 is 0 Å². The number of hydrogen-bond donors (Lipinski definition) is 1. The van der Waals surface area contributed by atoms with Crippen LogP contribution in [0.25, 0.3) is 0 Å². The van der Waals surface area contributed by atoms with E-state index in [0.717, 1.165) is 25.9 Å². The van der Waals surface area contributed by atoms with E-state index in [4.69, 9.17) is 0 Å². The van der Waals surface area contributed by atoms with Crippen LogP contribution in [0, 0.1) is 5.92 Å². The van der Waals surface area contributed by atoms with Crippen molar-refractivity contribution in [2.24, 2.45) is 5.92 Å². The Kier molecular flexibility index (Phi) is 5.26. The molecule has 0 amide bonds. The highest BCUT2D eigenvalue weighted by atomic mass is 79.9. The normalized spacial score (nSPS) is 28.1. The van der Waals surface area contributed by atoms with Crippen LogP contribution < -0.4 is 17.0 Å². The van der Waals surface area contributed by atoms with Gasteiger partial charge in [0.2, 0.25) is 0 Å². The van der Waals surface area contributed by atoms with Crippen LogP contribution in [0.1, 0.15) is 37.0 Å². The van der Waals surface area contributed by atoms with Gasteiger partial charge < -0.3 is 22.1 Å². The average molecular weight is 401 g/mol. The molecule has 2 bridgehead atoms. The molecule has 0 spiro atoms. The van der Waals surface area contributed by atoms with Crippen molar-refractivity contribution in [3.05, 3.63) is 65.2 Å². The van der Waals surface area contributed by atoms with E-state index in [-0.39, 0.29) is 22.4 Å². The molecule has 2 aromatic carbocycles. The first-order valence-corrected chi connectivity index (χ1v) is 9.18. The maximum Gasteiger partial charge on any atom is 0.115 e. The second-order valence-electron chi connectivity index (χ2n) is 7.84. The van der Waals surface area contributed by atoms with Crippen molar-refractivity contribution < 1.29 is 22.1 Å². The zero-order valence-corrected chi connectivity index (χ0v) is 16.7. The van der Waals surface area contributed by atoms with Gasteiger partial charge in [-0.25, -0.2) is 0 Å². The highest BCUT2D eigenvalue weighted by Gasteiger charge is 2.48. The molecule has 1 unspecified atom stereocenters. The minimum atomic E-state index is 0. The first-order chi connectivity index (χ1) is 11.6. The number of aromatic hydroxyl groups is 1. The number of halogens is 1. The monoisotopic (exact) mass is 400 g/mol. The molecule has 1 aliphatic heterocycles. The Morgan fingerprint density at radius 1 is 1.16 bits per heavy atom. The van der Waals surface area contributed by atoms with Crippen molar-refractivity contribution in [3.8, 4) is 5.75 Å². The summed E-state index contributed by atoms with van der Waals surface area (Å²) >= 11 is 0. The number of benzene rings is 2. The van der Waals surface area contributed by atoms with E-state index in [1.54, 1.807) is 0 Å². The van der Waals surface area contributed by atoms with Gasteiger partial charge in [0.15, 0.2) is 0 Å². The Labute approximate surface area is 161 Å². The van der Waals surface area contributed by atoms with Crippen molar-refractivity contribution in [1.29, 1.82) is 0 Å². The van der Waals surface area contributed by atoms with Crippen molar-refractivity contribution in [1.82, 2.24) is 4.90 Å². The predicted molar refractivity (Wildman–Crippen MR) is 98.5 cm³/mol. The number of piperidine rings is 1. The predicted octanol–water partition coefficient (Wildman–Crippen LogP) is 1.16. The maximum atomic E-state index is 9.94. The molecule has 2 aliphatic rings. The third-order valence-corrected chi connectivity index (χ3v) is 6.64. The maximum absolute atomic E-state index is 9.94. The topological polar surface area (TPSA) is 23.5 Å². The van der Waals surface area contributed by atoms with E-state index in [0.29, 0.717) is 17.7 Å². The standard InChI is InChI=1S/C22H27NO.BrH/c1-16-21-14-18-8-9-19(24)15-20(18)22(16,2)11-13-23(21)12-10-17-6-4-3-5-7-17;/h3-9,15-16,21,24H,10-14H2,1-2H3;1H/p-1/t16?,21-,22-;/m1./s1. The molecular weight excluding hydrogens is 374 g/mol. The average Bonchev–Trinajstić information content (AvgIpc) is 2.59. The Bertz CT molecular complexity index is 732. The molecule has 0 radical (unpaired) electrons. The summed E-state index contributed by atoms with van der Waals surface area (Å²) in [6, 6.07) is 17.4. The summed E-state index contributed by atoms with van der Waals surface area (Å²) in [5, 5.41) is 9.94. The van der Waals surface area contributed by atoms with Gasteiger partial charge in [-0.3, -0.25) is 4.90 Å². The molecule has 2 nitrogen and oxygen atoms in total. The smallest absolute Gasteiger partial charge is 0.115 e. The molecule has 1 saturated heterocycles. The molecule has 2 aromatic rings. The minimum absolute atomic E-state index is 0. The number of fused-ring (bicyclic) bond motifs is 4. The van der Waals surface area contributed by atoms with E-state index >= 15 is 0 Å². The molecule has 0 aromatic heterocycles. The Morgan fingerprint density at radius 3 is 2.68 bits per heavy atom. The van der Waals surface area contributed by atoms with Gasteiger partial charge in [0.1, 0.15) is 5.75 Å². The van der Waals surface area contributed by atoms with Crippen LogP contribution in [0.15, 0.2) is 48.5 Å². The van der Waals surface area contributed by atoms with Crippen molar-refractivity contribution in [2.45, 2.75) is 44.6 Å². The van der Waals surface area contributed by atoms with Crippen molar-refractivity contribution in [2.75, 3.05) is 13.1 Å². The SMILES string of the molecule is CC1[C@H]2Cc3ccc(O)cc3[C@]1(C)CCN2CCc1ccccc1.[Br-]. The molecule has 1 fully saturated rings. The summed E-state index contributed by atoms with van der Waals surface area (Å²) < 4.78 is 0. The van der Waals surface area contributed by atoms with Crippen LogP contribution in [0.4, 0.5) is 0 Å². The second kappa shape index (κ2) is 7.13. The quantitative estimate of drug-likeness (QED) is 0.835. The number of rotatable bonds is 3. The molecule has 1 heterocycles. The number of likely N-dealkylation sites (tertiary alicyclic amines) is 1. The summed E-state index contributed by atoms with van der Waals surface area (Å²) in [7, 11) is 0. The lowest BCUT2D eigenvalue weighted by atomic mass is 9.59. The highest BCUT2D eigenvalue weighted by Crippen LogP contribution is 2.49. The molecule has 4 rings (SSSR count). The van der Waals surface area contributed by atoms with E-state index in [1.165, 1.54) is 23.1 Å². The molecular formula is C22H27BrNO-. The van der Waals surface area contributed by atoms with Gasteiger partial charge in [0, 0.05) is 12.6 Å². The summed E-state index contributed by atoms with van der Waals surface area (Å²) in [5.74, 6) is 1.03. The van der Waals surface area contributed by atoms with E-state index in [9.17, 15) is 5.11 Å². The van der Waals surface area contributed by atoms with Gasteiger partial charge in [0.25, 0.3) is 0 Å². The summed E-state index contributed by atoms with van der Waals surface area (Å²) in [4.78, 5) is 2.70. The molecule has 3 atom stereocenters.